The summed E-state index contributed by atoms with van der Waals surface area (Å²) in [4.78, 5) is 24.5. The fraction of sp³-hybridized carbons (Fsp3) is 0.462. The van der Waals surface area contributed by atoms with E-state index in [0.717, 1.165) is 32.6 Å². The first-order chi connectivity index (χ1) is 10.1. The summed E-state index contributed by atoms with van der Waals surface area (Å²) < 4.78 is 0. The Morgan fingerprint density at radius 2 is 2.24 bits per heavy atom. The second kappa shape index (κ2) is 7.35. The highest BCUT2D eigenvalue weighted by atomic mass is 35.5. The van der Waals surface area contributed by atoms with Crippen molar-refractivity contribution in [3.63, 3.8) is 0 Å². The zero-order valence-electron chi connectivity index (χ0n) is 11.5. The minimum atomic E-state index is -0.558. The molecule has 0 saturated carbocycles. The van der Waals surface area contributed by atoms with Gasteiger partial charge < -0.3 is 10.6 Å². The molecule has 2 N–H and O–H groups in total. The van der Waals surface area contributed by atoms with E-state index in [1.165, 1.54) is 18.2 Å². The molecule has 8 heteroatoms. The van der Waals surface area contributed by atoms with Crippen LogP contribution in [0.5, 0.6) is 0 Å². The van der Waals surface area contributed by atoms with Gasteiger partial charge in [0.1, 0.15) is 5.69 Å². The molecule has 1 heterocycles. The molecule has 0 spiro atoms. The summed E-state index contributed by atoms with van der Waals surface area (Å²) in [5.74, 6) is -0.262. The van der Waals surface area contributed by atoms with E-state index in [2.05, 4.69) is 10.6 Å². The zero-order chi connectivity index (χ0) is 15.2. The van der Waals surface area contributed by atoms with Crippen molar-refractivity contribution >= 4 is 28.9 Å². The van der Waals surface area contributed by atoms with Crippen LogP contribution in [0.2, 0.25) is 5.02 Å². The van der Waals surface area contributed by atoms with Gasteiger partial charge in [0.25, 0.3) is 5.69 Å². The molecule has 1 amide bonds. The third-order valence-electron chi connectivity index (χ3n) is 3.23. The maximum absolute atomic E-state index is 12.0. The molecule has 0 bridgehead atoms. The normalized spacial score (nSPS) is 16.2. The van der Waals surface area contributed by atoms with E-state index in [1.54, 1.807) is 0 Å². The number of halogens is 1. The molecule has 1 aliphatic heterocycles. The SMILES string of the molecule is O=C(CN1CCCNCC1)Nc1ccc(Cl)cc1[N+](=O)[O-]. The topological polar surface area (TPSA) is 87.5 Å². The Bertz CT molecular complexity index is 530. The molecule has 1 saturated heterocycles. The summed E-state index contributed by atoms with van der Waals surface area (Å²) >= 11 is 5.74. The number of rotatable bonds is 4. The Morgan fingerprint density at radius 1 is 1.43 bits per heavy atom. The lowest BCUT2D eigenvalue weighted by atomic mass is 10.2. The molecule has 1 fully saturated rings. The Balaban J connectivity index is 2.00. The van der Waals surface area contributed by atoms with Gasteiger partial charge in [-0.2, -0.15) is 0 Å². The van der Waals surface area contributed by atoms with E-state index in [-0.39, 0.29) is 28.8 Å². The molecule has 0 atom stereocenters. The van der Waals surface area contributed by atoms with Crippen LogP contribution in [-0.4, -0.2) is 48.5 Å². The van der Waals surface area contributed by atoms with Crippen molar-refractivity contribution in [3.05, 3.63) is 33.3 Å². The summed E-state index contributed by atoms with van der Waals surface area (Å²) in [6.07, 6.45) is 0.981. The van der Waals surface area contributed by atoms with Gasteiger partial charge in [0.05, 0.1) is 11.5 Å². The number of hydrogen-bond donors (Lipinski definition) is 2. The summed E-state index contributed by atoms with van der Waals surface area (Å²) in [7, 11) is 0. The second-order valence-corrected chi connectivity index (χ2v) is 5.28. The Kier molecular flexibility index (Phi) is 5.49. The van der Waals surface area contributed by atoms with E-state index in [9.17, 15) is 14.9 Å². The number of nitrogens with zero attached hydrogens (tertiary/aromatic N) is 2. The Hall–Kier alpha value is -1.70. The average Bonchev–Trinajstić information content (AvgIpc) is 2.69. The minimum Gasteiger partial charge on any atom is -0.319 e. The third-order valence-corrected chi connectivity index (χ3v) is 3.47. The molecule has 1 aliphatic rings. The van der Waals surface area contributed by atoms with Crippen molar-refractivity contribution in [2.24, 2.45) is 0 Å². The van der Waals surface area contributed by atoms with Crippen LogP contribution in [0, 0.1) is 10.1 Å². The monoisotopic (exact) mass is 312 g/mol. The molecule has 0 aromatic heterocycles. The number of nitrogens with one attached hydrogen (secondary N) is 2. The number of carbonyl (C=O) groups is 1. The lowest BCUT2D eigenvalue weighted by Gasteiger charge is -2.18. The van der Waals surface area contributed by atoms with Gasteiger partial charge >= 0.3 is 0 Å². The van der Waals surface area contributed by atoms with Crippen LogP contribution >= 0.6 is 11.6 Å². The largest absolute Gasteiger partial charge is 0.319 e. The standard InChI is InChI=1S/C13H17ClN4O3/c14-10-2-3-11(12(8-10)18(20)21)16-13(19)9-17-6-1-4-15-5-7-17/h2-3,8,15H,1,4-7,9H2,(H,16,19). The van der Waals surface area contributed by atoms with E-state index in [0.29, 0.717) is 0 Å². The van der Waals surface area contributed by atoms with Crippen molar-refractivity contribution in [3.8, 4) is 0 Å². The van der Waals surface area contributed by atoms with Crippen LogP contribution in [0.15, 0.2) is 18.2 Å². The number of anilines is 1. The number of nitro groups is 1. The highest BCUT2D eigenvalue weighted by Crippen LogP contribution is 2.27. The number of amides is 1. The first-order valence-electron chi connectivity index (χ1n) is 6.73. The highest BCUT2D eigenvalue weighted by Gasteiger charge is 2.18. The van der Waals surface area contributed by atoms with E-state index in [4.69, 9.17) is 11.6 Å². The van der Waals surface area contributed by atoms with Crippen LogP contribution in [-0.2, 0) is 4.79 Å². The first-order valence-corrected chi connectivity index (χ1v) is 7.11. The predicted molar refractivity (Wildman–Crippen MR) is 80.7 cm³/mol. The fourth-order valence-electron chi connectivity index (χ4n) is 2.21. The number of benzene rings is 1. The van der Waals surface area contributed by atoms with Crippen LogP contribution in [0.3, 0.4) is 0 Å². The summed E-state index contributed by atoms with van der Waals surface area (Å²) in [6.45, 7) is 3.63. The van der Waals surface area contributed by atoms with E-state index < -0.39 is 4.92 Å². The van der Waals surface area contributed by atoms with Crippen molar-refractivity contribution in [1.82, 2.24) is 10.2 Å². The average molecular weight is 313 g/mol. The smallest absolute Gasteiger partial charge is 0.294 e. The van der Waals surface area contributed by atoms with Crippen molar-refractivity contribution < 1.29 is 9.72 Å². The molecule has 7 nitrogen and oxygen atoms in total. The van der Waals surface area contributed by atoms with Gasteiger partial charge in [-0.05, 0) is 31.6 Å². The second-order valence-electron chi connectivity index (χ2n) is 4.85. The molecule has 1 aromatic rings. The molecule has 2 rings (SSSR count). The first kappa shape index (κ1) is 15.7. The zero-order valence-corrected chi connectivity index (χ0v) is 12.2. The van der Waals surface area contributed by atoms with Gasteiger partial charge in [-0.15, -0.1) is 0 Å². The molecule has 0 aliphatic carbocycles. The van der Waals surface area contributed by atoms with Gasteiger partial charge in [0, 0.05) is 24.2 Å². The molecule has 1 aromatic carbocycles. The highest BCUT2D eigenvalue weighted by molar-refractivity contribution is 6.31. The molecule has 21 heavy (non-hydrogen) atoms. The maximum Gasteiger partial charge on any atom is 0.294 e. The summed E-state index contributed by atoms with van der Waals surface area (Å²) in [5.41, 5.74) is -0.0317. The van der Waals surface area contributed by atoms with Gasteiger partial charge in [-0.3, -0.25) is 19.8 Å². The Labute approximate surface area is 127 Å². The van der Waals surface area contributed by atoms with E-state index >= 15 is 0 Å². The molecular formula is C13H17ClN4O3. The lowest BCUT2D eigenvalue weighted by molar-refractivity contribution is -0.383. The summed E-state index contributed by atoms with van der Waals surface area (Å²) in [6, 6.07) is 4.19. The van der Waals surface area contributed by atoms with Gasteiger partial charge in [-0.25, -0.2) is 0 Å². The van der Waals surface area contributed by atoms with Gasteiger partial charge in [-0.1, -0.05) is 11.6 Å². The molecule has 114 valence electrons. The van der Waals surface area contributed by atoms with Crippen molar-refractivity contribution in [2.75, 3.05) is 38.0 Å². The maximum atomic E-state index is 12.0. The molecule has 0 radical (unpaired) electrons. The molecular weight excluding hydrogens is 296 g/mol. The summed E-state index contributed by atoms with van der Waals surface area (Å²) in [5, 5.41) is 17.1. The predicted octanol–water partition coefficient (Wildman–Crippen LogP) is 1.48. The van der Waals surface area contributed by atoms with Crippen molar-refractivity contribution in [2.45, 2.75) is 6.42 Å². The van der Waals surface area contributed by atoms with Gasteiger partial charge in [0.2, 0.25) is 5.91 Å². The van der Waals surface area contributed by atoms with Crippen LogP contribution < -0.4 is 10.6 Å². The number of hydrogen-bond acceptors (Lipinski definition) is 5. The van der Waals surface area contributed by atoms with Crippen LogP contribution in [0.4, 0.5) is 11.4 Å². The lowest BCUT2D eigenvalue weighted by Crippen LogP contribution is -2.35. The number of carbonyl (C=O) groups excluding carboxylic acids is 1. The van der Waals surface area contributed by atoms with Crippen LogP contribution in [0.25, 0.3) is 0 Å². The van der Waals surface area contributed by atoms with Crippen LogP contribution in [0.1, 0.15) is 6.42 Å². The molecule has 0 unspecified atom stereocenters. The van der Waals surface area contributed by atoms with Crippen molar-refractivity contribution in [1.29, 1.82) is 0 Å². The Morgan fingerprint density at radius 3 is 3.00 bits per heavy atom. The minimum absolute atomic E-state index is 0.169. The fourth-order valence-corrected chi connectivity index (χ4v) is 2.38. The quantitative estimate of drug-likeness (QED) is 0.649. The third kappa shape index (κ3) is 4.66. The number of nitro benzene ring substituents is 1. The van der Waals surface area contributed by atoms with E-state index in [1.807, 2.05) is 4.90 Å². The van der Waals surface area contributed by atoms with Gasteiger partial charge in [0.15, 0.2) is 0 Å².